The van der Waals surface area contributed by atoms with Crippen LogP contribution in [0.2, 0.25) is 0 Å². The second-order valence-corrected chi connectivity index (χ2v) is 6.31. The first-order chi connectivity index (χ1) is 9.61. The molecule has 0 aromatic heterocycles. The highest BCUT2D eigenvalue weighted by Crippen LogP contribution is 2.42. The lowest BCUT2D eigenvalue weighted by molar-refractivity contribution is -0.142. The number of carbonyl (C=O) groups excluding carboxylic acids is 1. The molecule has 6 heteroatoms. The first-order valence-corrected chi connectivity index (χ1v) is 7.52. The summed E-state index contributed by atoms with van der Waals surface area (Å²) in [6, 6.07) is -0.0398. The molecule has 2 N–H and O–H groups in total. The van der Waals surface area contributed by atoms with Crippen molar-refractivity contribution in [2.45, 2.75) is 44.2 Å². The topological polar surface area (TPSA) is 81.1 Å². The number of rotatable bonds is 2. The van der Waals surface area contributed by atoms with Gasteiger partial charge in [0.2, 0.25) is 0 Å². The van der Waals surface area contributed by atoms with Gasteiger partial charge in [0.1, 0.15) is 0 Å². The molecule has 3 rings (SSSR count). The zero-order valence-corrected chi connectivity index (χ0v) is 11.6. The average Bonchev–Trinajstić information content (AvgIpc) is 3.04. The lowest BCUT2D eigenvalue weighted by atomic mass is 9.89. The SMILES string of the molecule is O=C(O)C1CC2CCC1N2C(=O)N1CCCC(CO)C1. The lowest BCUT2D eigenvalue weighted by Gasteiger charge is -2.36. The summed E-state index contributed by atoms with van der Waals surface area (Å²) in [7, 11) is 0. The number of aliphatic hydroxyl groups excluding tert-OH is 1. The molecule has 0 radical (unpaired) electrons. The Labute approximate surface area is 118 Å². The second-order valence-electron chi connectivity index (χ2n) is 6.31. The minimum absolute atomic E-state index is 0.0144. The summed E-state index contributed by atoms with van der Waals surface area (Å²) in [5, 5.41) is 18.5. The molecule has 0 spiro atoms. The van der Waals surface area contributed by atoms with Gasteiger partial charge in [-0.2, -0.15) is 0 Å². The molecule has 6 nitrogen and oxygen atoms in total. The third-order valence-corrected chi connectivity index (χ3v) is 5.12. The van der Waals surface area contributed by atoms with Crippen LogP contribution in [-0.2, 0) is 4.79 Å². The number of carboxylic acids is 1. The van der Waals surface area contributed by atoms with E-state index in [0.717, 1.165) is 32.2 Å². The molecule has 4 unspecified atom stereocenters. The summed E-state index contributed by atoms with van der Waals surface area (Å²) in [4.78, 5) is 27.5. The van der Waals surface area contributed by atoms with Crippen molar-refractivity contribution in [1.29, 1.82) is 0 Å². The molecular weight excluding hydrogens is 260 g/mol. The molecule has 112 valence electrons. The Balaban J connectivity index is 1.70. The van der Waals surface area contributed by atoms with Crippen molar-refractivity contribution in [2.75, 3.05) is 19.7 Å². The number of likely N-dealkylation sites (tertiary alicyclic amines) is 1. The number of piperidine rings is 1. The first-order valence-electron chi connectivity index (χ1n) is 7.52. The van der Waals surface area contributed by atoms with Crippen molar-refractivity contribution in [3.05, 3.63) is 0 Å². The Hall–Kier alpha value is -1.30. The zero-order valence-electron chi connectivity index (χ0n) is 11.6. The van der Waals surface area contributed by atoms with Gasteiger partial charge in [-0.1, -0.05) is 0 Å². The quantitative estimate of drug-likeness (QED) is 0.783. The maximum atomic E-state index is 12.7. The average molecular weight is 282 g/mol. The molecule has 0 aliphatic carbocycles. The Kier molecular flexibility index (Phi) is 3.58. The van der Waals surface area contributed by atoms with Crippen LogP contribution < -0.4 is 0 Å². The fourth-order valence-electron chi connectivity index (χ4n) is 4.10. The third kappa shape index (κ3) is 2.16. The van der Waals surface area contributed by atoms with Gasteiger partial charge in [0, 0.05) is 31.8 Å². The molecule has 3 aliphatic rings. The number of hydrogen-bond donors (Lipinski definition) is 2. The molecule has 3 heterocycles. The maximum Gasteiger partial charge on any atom is 0.320 e. The maximum absolute atomic E-state index is 12.7. The Bertz CT molecular complexity index is 414. The van der Waals surface area contributed by atoms with Crippen molar-refractivity contribution in [3.8, 4) is 0 Å². The zero-order chi connectivity index (χ0) is 14.3. The lowest BCUT2D eigenvalue weighted by Crippen LogP contribution is -2.50. The van der Waals surface area contributed by atoms with E-state index in [-0.39, 0.29) is 30.6 Å². The normalized spacial score (nSPS) is 36.5. The Morgan fingerprint density at radius 1 is 1.20 bits per heavy atom. The number of aliphatic carboxylic acids is 1. The van der Waals surface area contributed by atoms with Crippen LogP contribution in [-0.4, -0.2) is 63.8 Å². The minimum atomic E-state index is -0.776. The van der Waals surface area contributed by atoms with Crippen LogP contribution in [0.1, 0.15) is 32.1 Å². The highest BCUT2D eigenvalue weighted by Gasteiger charge is 2.52. The fraction of sp³-hybridized carbons (Fsp3) is 0.857. The summed E-state index contributed by atoms with van der Waals surface area (Å²) >= 11 is 0. The predicted octanol–water partition coefficient (Wildman–Crippen LogP) is 0.748. The van der Waals surface area contributed by atoms with E-state index in [1.807, 2.05) is 4.90 Å². The number of nitrogens with zero attached hydrogens (tertiary/aromatic N) is 2. The fourth-order valence-corrected chi connectivity index (χ4v) is 4.10. The van der Waals surface area contributed by atoms with Gasteiger partial charge in [-0.15, -0.1) is 0 Å². The van der Waals surface area contributed by atoms with Gasteiger partial charge in [-0.3, -0.25) is 4.79 Å². The molecular formula is C14H22N2O4. The van der Waals surface area contributed by atoms with E-state index in [0.29, 0.717) is 13.0 Å². The highest BCUT2D eigenvalue weighted by molar-refractivity contribution is 5.79. The second kappa shape index (κ2) is 5.24. The largest absolute Gasteiger partial charge is 0.481 e. The van der Waals surface area contributed by atoms with E-state index in [1.54, 1.807) is 4.90 Å². The summed E-state index contributed by atoms with van der Waals surface area (Å²) in [6.07, 6.45) is 4.22. The molecule has 0 saturated carbocycles. The van der Waals surface area contributed by atoms with Crippen LogP contribution in [0.25, 0.3) is 0 Å². The smallest absolute Gasteiger partial charge is 0.320 e. The van der Waals surface area contributed by atoms with E-state index in [9.17, 15) is 19.8 Å². The van der Waals surface area contributed by atoms with Crippen LogP contribution in [0.15, 0.2) is 0 Å². The van der Waals surface area contributed by atoms with Crippen molar-refractivity contribution in [3.63, 3.8) is 0 Å². The van der Waals surface area contributed by atoms with Crippen molar-refractivity contribution < 1.29 is 19.8 Å². The molecule has 2 bridgehead atoms. The van der Waals surface area contributed by atoms with Gasteiger partial charge in [-0.05, 0) is 38.0 Å². The van der Waals surface area contributed by atoms with Gasteiger partial charge in [0.15, 0.2) is 0 Å². The number of carbonyl (C=O) groups is 2. The van der Waals surface area contributed by atoms with Crippen molar-refractivity contribution in [2.24, 2.45) is 11.8 Å². The van der Waals surface area contributed by atoms with E-state index in [1.165, 1.54) is 0 Å². The molecule has 3 aliphatic heterocycles. The summed E-state index contributed by atoms with van der Waals surface area (Å²) < 4.78 is 0. The van der Waals surface area contributed by atoms with Crippen LogP contribution in [0.3, 0.4) is 0 Å². The van der Waals surface area contributed by atoms with E-state index < -0.39 is 11.9 Å². The van der Waals surface area contributed by atoms with Gasteiger partial charge >= 0.3 is 12.0 Å². The van der Waals surface area contributed by atoms with E-state index in [4.69, 9.17) is 0 Å². The molecule has 20 heavy (non-hydrogen) atoms. The number of carboxylic acid groups (broad SMARTS) is 1. The standard InChI is InChI=1S/C14H22N2O4/c17-8-9-2-1-5-15(7-9)14(20)16-10-3-4-12(16)11(6-10)13(18)19/h9-12,17H,1-8H2,(H,18,19). The highest BCUT2D eigenvalue weighted by atomic mass is 16.4. The Morgan fingerprint density at radius 2 is 2.00 bits per heavy atom. The van der Waals surface area contributed by atoms with Crippen molar-refractivity contribution >= 4 is 12.0 Å². The van der Waals surface area contributed by atoms with E-state index >= 15 is 0 Å². The van der Waals surface area contributed by atoms with E-state index in [2.05, 4.69) is 0 Å². The molecule has 4 atom stereocenters. The minimum Gasteiger partial charge on any atom is -0.481 e. The van der Waals surface area contributed by atoms with Crippen molar-refractivity contribution in [1.82, 2.24) is 9.80 Å². The number of amides is 2. The number of urea groups is 1. The number of aliphatic hydroxyl groups is 1. The van der Waals surface area contributed by atoms with Gasteiger partial charge in [0.05, 0.1) is 5.92 Å². The van der Waals surface area contributed by atoms with Gasteiger partial charge in [0.25, 0.3) is 0 Å². The van der Waals surface area contributed by atoms with Crippen LogP contribution in [0.4, 0.5) is 4.79 Å². The van der Waals surface area contributed by atoms with Gasteiger partial charge in [-0.25, -0.2) is 4.79 Å². The molecule has 0 aromatic rings. The third-order valence-electron chi connectivity index (χ3n) is 5.12. The van der Waals surface area contributed by atoms with Gasteiger partial charge < -0.3 is 20.0 Å². The summed E-state index contributed by atoms with van der Waals surface area (Å²) in [5.41, 5.74) is 0. The molecule has 3 fully saturated rings. The molecule has 2 amide bonds. The molecule has 3 saturated heterocycles. The summed E-state index contributed by atoms with van der Waals surface area (Å²) in [6.45, 7) is 1.44. The monoisotopic (exact) mass is 282 g/mol. The summed E-state index contributed by atoms with van der Waals surface area (Å²) in [5.74, 6) is -0.999. The first kappa shape index (κ1) is 13.7. The van der Waals surface area contributed by atoms with Crippen LogP contribution >= 0.6 is 0 Å². The van der Waals surface area contributed by atoms with Crippen LogP contribution in [0.5, 0.6) is 0 Å². The molecule has 0 aromatic carbocycles. The number of hydrogen-bond acceptors (Lipinski definition) is 3. The number of fused-ring (bicyclic) bond motifs is 2. The Morgan fingerprint density at radius 3 is 2.65 bits per heavy atom. The van der Waals surface area contributed by atoms with Crippen LogP contribution in [0, 0.1) is 11.8 Å². The predicted molar refractivity (Wildman–Crippen MR) is 71.2 cm³/mol.